The van der Waals surface area contributed by atoms with Gasteiger partial charge >= 0.3 is 0 Å². The number of hydrogen-bond donors (Lipinski definition) is 3. The van der Waals surface area contributed by atoms with Gasteiger partial charge in [-0.05, 0) is 6.07 Å². The van der Waals surface area contributed by atoms with Gasteiger partial charge in [-0.1, -0.05) is 0 Å². The second kappa shape index (κ2) is 5.92. The lowest BCUT2D eigenvalue weighted by molar-refractivity contribution is 0.217. The van der Waals surface area contributed by atoms with Crippen LogP contribution in [0.25, 0.3) is 0 Å². The zero-order chi connectivity index (χ0) is 12.9. The lowest BCUT2D eigenvalue weighted by Crippen LogP contribution is -2.36. The number of pyridine rings is 1. The molecule has 1 heterocycles. The van der Waals surface area contributed by atoms with Gasteiger partial charge in [0.15, 0.2) is 0 Å². The number of H-pyrrole nitrogens is 1. The van der Waals surface area contributed by atoms with E-state index in [2.05, 4.69) is 4.98 Å². The summed E-state index contributed by atoms with van der Waals surface area (Å²) in [5.74, 6) is 0. The Labute approximate surface area is 98.4 Å². The van der Waals surface area contributed by atoms with Crippen LogP contribution in [0.5, 0.6) is 0 Å². The summed E-state index contributed by atoms with van der Waals surface area (Å²) in [6, 6.07) is 2.28. The molecule has 0 aliphatic heterocycles. The minimum atomic E-state index is -3.80. The quantitative estimate of drug-likeness (QED) is 0.569. The molecule has 0 saturated carbocycles. The largest absolute Gasteiger partial charge is 0.395 e. The Kier molecular flexibility index (Phi) is 4.82. The van der Waals surface area contributed by atoms with Crippen molar-refractivity contribution in [3.05, 3.63) is 28.7 Å². The summed E-state index contributed by atoms with van der Waals surface area (Å²) >= 11 is 0. The van der Waals surface area contributed by atoms with Crippen LogP contribution in [-0.2, 0) is 10.0 Å². The van der Waals surface area contributed by atoms with Crippen molar-refractivity contribution in [1.29, 1.82) is 0 Å². The number of aromatic nitrogens is 1. The molecule has 0 fully saturated rings. The number of sulfonamides is 1. The molecule has 7 nitrogen and oxygen atoms in total. The second-order valence-electron chi connectivity index (χ2n) is 3.24. The van der Waals surface area contributed by atoms with Crippen LogP contribution in [0.3, 0.4) is 0 Å². The minimum Gasteiger partial charge on any atom is -0.395 e. The van der Waals surface area contributed by atoms with Gasteiger partial charge in [-0.25, -0.2) is 8.42 Å². The summed E-state index contributed by atoms with van der Waals surface area (Å²) in [5, 5.41) is 17.5. The van der Waals surface area contributed by atoms with E-state index in [1.165, 1.54) is 6.07 Å². The van der Waals surface area contributed by atoms with Crippen LogP contribution in [0.15, 0.2) is 28.0 Å². The van der Waals surface area contributed by atoms with Crippen LogP contribution < -0.4 is 5.56 Å². The Morgan fingerprint density at radius 2 is 1.76 bits per heavy atom. The third-order valence-electron chi connectivity index (χ3n) is 2.09. The number of aromatic amines is 1. The van der Waals surface area contributed by atoms with Crippen molar-refractivity contribution in [2.45, 2.75) is 4.90 Å². The maximum absolute atomic E-state index is 12.0. The first kappa shape index (κ1) is 13.8. The second-order valence-corrected chi connectivity index (χ2v) is 5.18. The van der Waals surface area contributed by atoms with Crippen LogP contribution in [0.1, 0.15) is 0 Å². The fourth-order valence-electron chi connectivity index (χ4n) is 1.28. The van der Waals surface area contributed by atoms with Crippen LogP contribution in [0.4, 0.5) is 0 Å². The van der Waals surface area contributed by atoms with Crippen LogP contribution in [0, 0.1) is 0 Å². The molecule has 1 rings (SSSR count). The standard InChI is InChI=1S/C9H14N2O5S/c12-5-3-11(4-6-13)17(15,16)8-1-2-9(14)10-7-8/h1-2,7,12-13H,3-6H2,(H,10,14). The zero-order valence-electron chi connectivity index (χ0n) is 9.04. The predicted molar refractivity (Wildman–Crippen MR) is 60.0 cm³/mol. The van der Waals surface area contributed by atoms with E-state index in [-0.39, 0.29) is 31.2 Å². The monoisotopic (exact) mass is 262 g/mol. The van der Waals surface area contributed by atoms with Crippen molar-refractivity contribution >= 4 is 10.0 Å². The van der Waals surface area contributed by atoms with Gasteiger partial charge in [0, 0.05) is 25.4 Å². The van der Waals surface area contributed by atoms with Gasteiger partial charge in [-0.15, -0.1) is 0 Å². The lowest BCUT2D eigenvalue weighted by atomic mass is 10.5. The number of rotatable bonds is 6. The maximum Gasteiger partial charge on any atom is 0.247 e. The molecule has 0 amide bonds. The van der Waals surface area contributed by atoms with Crippen LogP contribution in [0.2, 0.25) is 0 Å². The molecule has 17 heavy (non-hydrogen) atoms. The fraction of sp³-hybridized carbons (Fsp3) is 0.444. The van der Waals surface area contributed by atoms with Crippen molar-refractivity contribution in [2.24, 2.45) is 0 Å². The van der Waals surface area contributed by atoms with Gasteiger partial charge in [0.25, 0.3) is 0 Å². The molecule has 0 atom stereocenters. The van der Waals surface area contributed by atoms with Gasteiger partial charge in [0.1, 0.15) is 0 Å². The van der Waals surface area contributed by atoms with Crippen molar-refractivity contribution in [3.8, 4) is 0 Å². The molecule has 1 aromatic rings. The molecule has 0 aliphatic rings. The van der Waals surface area contributed by atoms with E-state index in [0.717, 1.165) is 16.6 Å². The number of aliphatic hydroxyl groups excluding tert-OH is 2. The molecule has 0 bridgehead atoms. The topological polar surface area (TPSA) is 111 Å². The molecular formula is C9H14N2O5S. The smallest absolute Gasteiger partial charge is 0.247 e. The highest BCUT2D eigenvalue weighted by Gasteiger charge is 2.23. The molecule has 0 saturated heterocycles. The van der Waals surface area contributed by atoms with Crippen LogP contribution >= 0.6 is 0 Å². The Bertz CT molecular complexity index is 484. The van der Waals surface area contributed by atoms with Crippen molar-refractivity contribution in [1.82, 2.24) is 9.29 Å². The first-order valence-electron chi connectivity index (χ1n) is 4.93. The van der Waals surface area contributed by atoms with Crippen LogP contribution in [-0.4, -0.2) is 54.2 Å². The highest BCUT2D eigenvalue weighted by Crippen LogP contribution is 2.12. The summed E-state index contributed by atoms with van der Waals surface area (Å²) in [5.41, 5.74) is -0.403. The van der Waals surface area contributed by atoms with Gasteiger partial charge in [-0.3, -0.25) is 4.79 Å². The first-order valence-corrected chi connectivity index (χ1v) is 6.37. The summed E-state index contributed by atoms with van der Waals surface area (Å²) in [7, 11) is -3.80. The van der Waals surface area contributed by atoms with E-state index in [9.17, 15) is 13.2 Å². The number of hydrogen-bond acceptors (Lipinski definition) is 5. The van der Waals surface area contributed by atoms with Crippen molar-refractivity contribution < 1.29 is 18.6 Å². The van der Waals surface area contributed by atoms with Gasteiger partial charge in [0.2, 0.25) is 15.6 Å². The summed E-state index contributed by atoms with van der Waals surface area (Å²) in [4.78, 5) is 13.0. The third kappa shape index (κ3) is 3.37. The highest BCUT2D eigenvalue weighted by molar-refractivity contribution is 7.89. The normalized spacial score (nSPS) is 11.9. The minimum absolute atomic E-state index is 0.0843. The molecule has 0 unspecified atom stereocenters. The Morgan fingerprint density at radius 3 is 2.18 bits per heavy atom. The highest BCUT2D eigenvalue weighted by atomic mass is 32.2. The van der Waals surface area contributed by atoms with E-state index >= 15 is 0 Å². The Hall–Kier alpha value is -1.22. The molecule has 96 valence electrons. The average Bonchev–Trinajstić information content (AvgIpc) is 2.29. The predicted octanol–water partition coefficient (Wildman–Crippen LogP) is -1.65. The molecule has 0 radical (unpaired) electrons. The van der Waals surface area contributed by atoms with Gasteiger partial charge in [0.05, 0.1) is 18.1 Å². The van der Waals surface area contributed by atoms with Gasteiger partial charge in [-0.2, -0.15) is 4.31 Å². The molecule has 0 aliphatic carbocycles. The lowest BCUT2D eigenvalue weighted by Gasteiger charge is -2.19. The average molecular weight is 262 g/mol. The SMILES string of the molecule is O=c1ccc(S(=O)(=O)N(CCO)CCO)c[nH]1. The Balaban J connectivity index is 3.06. The molecule has 8 heteroatoms. The maximum atomic E-state index is 12.0. The zero-order valence-corrected chi connectivity index (χ0v) is 9.85. The number of nitrogens with one attached hydrogen (secondary N) is 1. The molecular weight excluding hydrogens is 248 g/mol. The number of nitrogens with zero attached hydrogens (tertiary/aromatic N) is 1. The first-order chi connectivity index (χ1) is 8.02. The fourth-order valence-corrected chi connectivity index (χ4v) is 2.67. The van der Waals surface area contributed by atoms with Gasteiger partial charge < -0.3 is 15.2 Å². The number of aliphatic hydroxyl groups is 2. The van der Waals surface area contributed by atoms with E-state index in [0.29, 0.717) is 0 Å². The van der Waals surface area contributed by atoms with Crippen molar-refractivity contribution in [3.63, 3.8) is 0 Å². The molecule has 0 aromatic carbocycles. The van der Waals surface area contributed by atoms with E-state index in [4.69, 9.17) is 10.2 Å². The van der Waals surface area contributed by atoms with E-state index < -0.39 is 15.6 Å². The third-order valence-corrected chi connectivity index (χ3v) is 3.99. The van der Waals surface area contributed by atoms with Crippen molar-refractivity contribution in [2.75, 3.05) is 26.3 Å². The van der Waals surface area contributed by atoms with E-state index in [1.807, 2.05) is 0 Å². The van der Waals surface area contributed by atoms with E-state index in [1.54, 1.807) is 0 Å². The molecule has 3 N–H and O–H groups in total. The molecule has 0 spiro atoms. The summed E-state index contributed by atoms with van der Waals surface area (Å²) < 4.78 is 25.0. The summed E-state index contributed by atoms with van der Waals surface area (Å²) in [6.07, 6.45) is 1.08. The summed E-state index contributed by atoms with van der Waals surface area (Å²) in [6.45, 7) is -0.908. The molecule has 1 aromatic heterocycles. The Morgan fingerprint density at radius 1 is 1.18 bits per heavy atom.